The Bertz CT molecular complexity index is 1220. The Kier molecular flexibility index (Phi) is 8.25. The quantitative estimate of drug-likeness (QED) is 0.464. The van der Waals surface area contributed by atoms with E-state index >= 15 is 0 Å². The van der Waals surface area contributed by atoms with Crippen molar-refractivity contribution in [2.75, 3.05) is 0 Å². The van der Waals surface area contributed by atoms with E-state index in [-0.39, 0.29) is 10.8 Å². The molecule has 0 spiro atoms. The van der Waals surface area contributed by atoms with Gasteiger partial charge in [-0.05, 0) is 62.1 Å². The van der Waals surface area contributed by atoms with Gasteiger partial charge in [0.2, 0.25) is 10.0 Å². The molecule has 6 nitrogen and oxygen atoms in total. The Morgan fingerprint density at radius 2 is 1.44 bits per heavy atom. The van der Waals surface area contributed by atoms with E-state index in [0.29, 0.717) is 30.9 Å². The van der Waals surface area contributed by atoms with Gasteiger partial charge in [0.1, 0.15) is 0 Å². The first-order chi connectivity index (χ1) is 16.0. The molecule has 0 aliphatic rings. The van der Waals surface area contributed by atoms with Gasteiger partial charge in [-0.1, -0.05) is 60.7 Å². The van der Waals surface area contributed by atoms with Crippen molar-refractivity contribution in [1.82, 2.24) is 10.0 Å². The summed E-state index contributed by atoms with van der Waals surface area (Å²) >= 11 is 0. The van der Waals surface area contributed by atoms with Crippen LogP contribution in [0.25, 0.3) is 0 Å². The number of sulfonamides is 1. The van der Waals surface area contributed by atoms with Crippen molar-refractivity contribution in [3.8, 4) is 0 Å². The molecule has 0 atom stereocenters. The largest absolute Gasteiger partial charge is 0.372 e. The number of ether oxygens (including phenoxy) is 1. The Morgan fingerprint density at radius 3 is 2.06 bits per heavy atom. The van der Waals surface area contributed by atoms with Crippen LogP contribution in [0.15, 0.2) is 77.7 Å². The van der Waals surface area contributed by atoms with Gasteiger partial charge < -0.3 is 10.1 Å². The second-order valence-electron chi connectivity index (χ2n) is 9.31. The fraction of sp³-hybridized carbons (Fsp3) is 0.296. The van der Waals surface area contributed by atoms with Crippen LogP contribution in [0, 0.1) is 6.92 Å². The maximum atomic E-state index is 12.8. The Balaban J connectivity index is 1.58. The summed E-state index contributed by atoms with van der Waals surface area (Å²) in [5.41, 5.74) is 3.54. The zero-order valence-electron chi connectivity index (χ0n) is 20.1. The maximum Gasteiger partial charge on any atom is 0.251 e. The van der Waals surface area contributed by atoms with E-state index in [1.165, 1.54) is 12.1 Å². The highest BCUT2D eigenvalue weighted by atomic mass is 32.2. The fourth-order valence-corrected chi connectivity index (χ4v) is 4.81. The molecule has 0 fully saturated rings. The Hall–Kier alpha value is -3.00. The standard InChI is InChI=1S/C27H32N2O4S/c1-20-10-15-24(34(31,32)29-27(2,3)4)16-25(20)26(30)28-17-21-11-13-23(14-12-21)19-33-18-22-8-6-5-7-9-22/h5-16,29H,17-19H2,1-4H3,(H,28,30). The summed E-state index contributed by atoms with van der Waals surface area (Å²) in [6, 6.07) is 22.4. The number of nitrogens with one attached hydrogen (secondary N) is 2. The first-order valence-electron chi connectivity index (χ1n) is 11.2. The minimum atomic E-state index is -3.73. The first-order valence-corrected chi connectivity index (χ1v) is 12.6. The maximum absolute atomic E-state index is 12.8. The molecule has 0 aromatic heterocycles. The van der Waals surface area contributed by atoms with Crippen LogP contribution in [-0.4, -0.2) is 19.9 Å². The number of carbonyl (C=O) groups is 1. The normalized spacial score (nSPS) is 11.9. The lowest BCUT2D eigenvalue weighted by atomic mass is 10.1. The van der Waals surface area contributed by atoms with Crippen molar-refractivity contribution in [3.05, 3.63) is 101 Å². The van der Waals surface area contributed by atoms with Crippen molar-refractivity contribution < 1.29 is 17.9 Å². The van der Waals surface area contributed by atoms with E-state index in [0.717, 1.165) is 16.7 Å². The van der Waals surface area contributed by atoms with Gasteiger partial charge >= 0.3 is 0 Å². The van der Waals surface area contributed by atoms with Crippen molar-refractivity contribution in [1.29, 1.82) is 0 Å². The summed E-state index contributed by atoms with van der Waals surface area (Å²) in [5.74, 6) is -0.319. The monoisotopic (exact) mass is 480 g/mol. The number of benzene rings is 3. The lowest BCUT2D eigenvalue weighted by molar-refractivity contribution is 0.0950. The van der Waals surface area contributed by atoms with E-state index in [1.807, 2.05) is 54.6 Å². The molecule has 3 rings (SSSR count). The first kappa shape index (κ1) is 25.6. The molecule has 0 aliphatic carbocycles. The molecule has 0 saturated heterocycles. The van der Waals surface area contributed by atoms with Gasteiger partial charge in [-0.25, -0.2) is 13.1 Å². The van der Waals surface area contributed by atoms with Crippen LogP contribution in [0.5, 0.6) is 0 Å². The number of aryl methyl sites for hydroxylation is 1. The smallest absolute Gasteiger partial charge is 0.251 e. The fourth-order valence-electron chi connectivity index (χ4n) is 3.37. The topological polar surface area (TPSA) is 84.5 Å². The van der Waals surface area contributed by atoms with Crippen LogP contribution in [-0.2, 0) is 34.5 Å². The van der Waals surface area contributed by atoms with Crippen LogP contribution in [0.3, 0.4) is 0 Å². The van der Waals surface area contributed by atoms with Gasteiger partial charge in [0.25, 0.3) is 5.91 Å². The second-order valence-corrected chi connectivity index (χ2v) is 11.0. The zero-order chi connectivity index (χ0) is 24.8. The predicted octanol–water partition coefficient (Wildman–Crippen LogP) is 4.72. The molecule has 0 saturated carbocycles. The summed E-state index contributed by atoms with van der Waals surface area (Å²) in [5, 5.41) is 2.88. The summed E-state index contributed by atoms with van der Waals surface area (Å²) in [6.07, 6.45) is 0. The molecule has 0 heterocycles. The van der Waals surface area contributed by atoms with Gasteiger partial charge in [-0.2, -0.15) is 0 Å². The average molecular weight is 481 g/mol. The van der Waals surface area contributed by atoms with E-state index in [1.54, 1.807) is 33.8 Å². The summed E-state index contributed by atoms with van der Waals surface area (Å²) in [7, 11) is -3.73. The Morgan fingerprint density at radius 1 is 0.853 bits per heavy atom. The number of amides is 1. The molecule has 180 valence electrons. The van der Waals surface area contributed by atoms with Crippen LogP contribution in [0.1, 0.15) is 53.4 Å². The molecule has 7 heteroatoms. The van der Waals surface area contributed by atoms with Crippen molar-refractivity contribution in [3.63, 3.8) is 0 Å². The molecule has 0 unspecified atom stereocenters. The summed E-state index contributed by atoms with van der Waals surface area (Å²) in [4.78, 5) is 12.9. The van der Waals surface area contributed by atoms with Crippen LogP contribution < -0.4 is 10.0 Å². The number of hydrogen-bond donors (Lipinski definition) is 2. The SMILES string of the molecule is Cc1ccc(S(=O)(=O)NC(C)(C)C)cc1C(=O)NCc1ccc(COCc2ccccc2)cc1. The number of carbonyl (C=O) groups excluding carboxylic acids is 1. The average Bonchev–Trinajstić information content (AvgIpc) is 2.77. The predicted molar refractivity (Wildman–Crippen MR) is 134 cm³/mol. The summed E-state index contributed by atoms with van der Waals surface area (Å²) in [6.45, 7) is 8.49. The van der Waals surface area contributed by atoms with Crippen molar-refractivity contribution in [2.45, 2.75) is 57.9 Å². The van der Waals surface area contributed by atoms with Gasteiger partial charge in [-0.3, -0.25) is 4.79 Å². The Labute approximate surface area is 202 Å². The molecule has 0 bridgehead atoms. The van der Waals surface area contributed by atoms with Crippen LogP contribution >= 0.6 is 0 Å². The van der Waals surface area contributed by atoms with Crippen molar-refractivity contribution in [2.24, 2.45) is 0 Å². The summed E-state index contributed by atoms with van der Waals surface area (Å²) < 4.78 is 33.7. The molecule has 34 heavy (non-hydrogen) atoms. The van der Waals surface area contributed by atoms with E-state index in [4.69, 9.17) is 4.74 Å². The molecule has 1 amide bonds. The molecular weight excluding hydrogens is 448 g/mol. The highest BCUT2D eigenvalue weighted by molar-refractivity contribution is 7.89. The second kappa shape index (κ2) is 11.0. The molecule has 2 N–H and O–H groups in total. The van der Waals surface area contributed by atoms with Crippen LogP contribution in [0.2, 0.25) is 0 Å². The molecule has 0 radical (unpaired) electrons. The lowest BCUT2D eigenvalue weighted by Crippen LogP contribution is -2.40. The van der Waals surface area contributed by atoms with Crippen molar-refractivity contribution >= 4 is 15.9 Å². The van der Waals surface area contributed by atoms with E-state index < -0.39 is 15.6 Å². The molecular formula is C27H32N2O4S. The lowest BCUT2D eigenvalue weighted by Gasteiger charge is -2.20. The minimum Gasteiger partial charge on any atom is -0.372 e. The van der Waals surface area contributed by atoms with Gasteiger partial charge in [0.05, 0.1) is 18.1 Å². The zero-order valence-corrected chi connectivity index (χ0v) is 20.9. The molecule has 3 aromatic rings. The van der Waals surface area contributed by atoms with E-state index in [9.17, 15) is 13.2 Å². The minimum absolute atomic E-state index is 0.0676. The van der Waals surface area contributed by atoms with E-state index in [2.05, 4.69) is 10.0 Å². The third-order valence-corrected chi connectivity index (χ3v) is 6.82. The molecule has 3 aromatic carbocycles. The van der Waals surface area contributed by atoms with Gasteiger partial charge in [0, 0.05) is 17.6 Å². The molecule has 0 aliphatic heterocycles. The van der Waals surface area contributed by atoms with Crippen LogP contribution in [0.4, 0.5) is 0 Å². The van der Waals surface area contributed by atoms with Gasteiger partial charge in [0.15, 0.2) is 0 Å². The highest BCUT2D eigenvalue weighted by Crippen LogP contribution is 2.18. The number of hydrogen-bond acceptors (Lipinski definition) is 4. The third kappa shape index (κ3) is 7.52. The highest BCUT2D eigenvalue weighted by Gasteiger charge is 2.23. The van der Waals surface area contributed by atoms with Gasteiger partial charge in [-0.15, -0.1) is 0 Å². The number of rotatable bonds is 9. The third-order valence-electron chi connectivity index (χ3n) is 5.06.